The van der Waals surface area contributed by atoms with Gasteiger partial charge in [0.2, 0.25) is 5.91 Å². The molecule has 104 valence electrons. The van der Waals surface area contributed by atoms with Crippen LogP contribution >= 0.6 is 0 Å². The van der Waals surface area contributed by atoms with E-state index < -0.39 is 0 Å². The fourth-order valence-corrected chi connectivity index (χ4v) is 1.72. The number of rotatable bonds is 7. The van der Waals surface area contributed by atoms with E-state index in [4.69, 9.17) is 10.9 Å². The Labute approximate surface area is 113 Å². The number of carbonyl (C=O) groups excluding carboxylic acids is 1. The minimum Gasteiger partial charge on any atom is -0.409 e. The summed E-state index contributed by atoms with van der Waals surface area (Å²) in [5.74, 6) is 0.0742. The summed E-state index contributed by atoms with van der Waals surface area (Å²) in [5.41, 5.74) is 6.78. The number of hydrogen-bond donors (Lipinski definition) is 3. The third-order valence-corrected chi connectivity index (χ3v) is 2.83. The Morgan fingerprint density at radius 2 is 1.95 bits per heavy atom. The maximum Gasteiger partial charge on any atom is 0.224 e. The Balaban J connectivity index is 2.42. The summed E-state index contributed by atoms with van der Waals surface area (Å²) < 4.78 is 0. The Morgan fingerprint density at radius 3 is 2.53 bits per heavy atom. The number of nitrogens with zero attached hydrogens (tertiary/aromatic N) is 1. The van der Waals surface area contributed by atoms with Gasteiger partial charge in [0.1, 0.15) is 0 Å². The molecule has 0 spiro atoms. The Kier molecular flexibility index (Phi) is 6.43. The van der Waals surface area contributed by atoms with Crippen molar-refractivity contribution in [2.24, 2.45) is 10.9 Å². The molecular formula is C14H21N3O2. The number of hydrogen-bond acceptors (Lipinski definition) is 3. The molecule has 5 heteroatoms. The van der Waals surface area contributed by atoms with Gasteiger partial charge < -0.3 is 16.3 Å². The summed E-state index contributed by atoms with van der Waals surface area (Å²) >= 11 is 0. The van der Waals surface area contributed by atoms with Crippen molar-refractivity contribution < 1.29 is 10.0 Å². The van der Waals surface area contributed by atoms with Gasteiger partial charge in [-0.25, -0.2) is 0 Å². The first-order valence-electron chi connectivity index (χ1n) is 6.55. The Morgan fingerprint density at radius 1 is 1.26 bits per heavy atom. The zero-order valence-electron chi connectivity index (χ0n) is 11.2. The van der Waals surface area contributed by atoms with E-state index >= 15 is 0 Å². The van der Waals surface area contributed by atoms with Gasteiger partial charge in [-0.2, -0.15) is 0 Å². The first kappa shape index (κ1) is 15.0. The second-order valence-electron chi connectivity index (χ2n) is 4.42. The maximum atomic E-state index is 11.7. The highest BCUT2D eigenvalue weighted by atomic mass is 16.4. The van der Waals surface area contributed by atoms with Crippen molar-refractivity contribution in [1.82, 2.24) is 0 Å². The molecule has 1 aromatic carbocycles. The van der Waals surface area contributed by atoms with Crippen molar-refractivity contribution in [3.8, 4) is 0 Å². The predicted molar refractivity (Wildman–Crippen MR) is 76.3 cm³/mol. The molecule has 0 saturated heterocycles. The monoisotopic (exact) mass is 263 g/mol. The maximum absolute atomic E-state index is 11.7. The zero-order valence-corrected chi connectivity index (χ0v) is 11.2. The number of anilines is 1. The molecule has 0 aliphatic rings. The van der Waals surface area contributed by atoms with E-state index in [9.17, 15) is 4.79 Å². The summed E-state index contributed by atoms with van der Waals surface area (Å²) in [7, 11) is 0. The van der Waals surface area contributed by atoms with Crippen molar-refractivity contribution in [3.63, 3.8) is 0 Å². The molecule has 5 nitrogen and oxygen atoms in total. The van der Waals surface area contributed by atoms with Crippen LogP contribution in [0.25, 0.3) is 0 Å². The van der Waals surface area contributed by atoms with Crippen LogP contribution in [0, 0.1) is 0 Å². The molecule has 0 unspecified atom stereocenters. The SMILES string of the molecule is CCCCCCC(=O)Nc1ccc(/C(N)=N/O)cc1. The zero-order chi connectivity index (χ0) is 14.1. The molecular weight excluding hydrogens is 242 g/mol. The summed E-state index contributed by atoms with van der Waals surface area (Å²) in [6, 6.07) is 6.86. The van der Waals surface area contributed by atoms with Crippen LogP contribution in [-0.4, -0.2) is 17.0 Å². The molecule has 1 rings (SSSR count). The molecule has 0 bridgehead atoms. The van der Waals surface area contributed by atoms with Crippen LogP contribution in [0.5, 0.6) is 0 Å². The second kappa shape index (κ2) is 8.13. The normalized spacial score (nSPS) is 11.3. The average Bonchev–Trinajstić information content (AvgIpc) is 2.43. The molecule has 19 heavy (non-hydrogen) atoms. The largest absolute Gasteiger partial charge is 0.409 e. The van der Waals surface area contributed by atoms with E-state index in [1.165, 1.54) is 6.42 Å². The van der Waals surface area contributed by atoms with Crippen LogP contribution in [0.3, 0.4) is 0 Å². The van der Waals surface area contributed by atoms with E-state index in [-0.39, 0.29) is 11.7 Å². The quantitative estimate of drug-likeness (QED) is 0.232. The molecule has 4 N–H and O–H groups in total. The van der Waals surface area contributed by atoms with Gasteiger partial charge in [-0.3, -0.25) is 4.79 Å². The van der Waals surface area contributed by atoms with Gasteiger partial charge in [0.05, 0.1) is 0 Å². The summed E-state index contributed by atoms with van der Waals surface area (Å²) in [4.78, 5) is 11.7. The van der Waals surface area contributed by atoms with Crippen molar-refractivity contribution in [1.29, 1.82) is 0 Å². The number of oxime groups is 1. The van der Waals surface area contributed by atoms with Gasteiger partial charge in [-0.1, -0.05) is 31.3 Å². The fourth-order valence-electron chi connectivity index (χ4n) is 1.72. The number of nitrogens with two attached hydrogens (primary N) is 1. The van der Waals surface area contributed by atoms with Crippen LogP contribution in [-0.2, 0) is 4.79 Å². The lowest BCUT2D eigenvalue weighted by Crippen LogP contribution is -2.14. The van der Waals surface area contributed by atoms with E-state index in [1.807, 2.05) is 0 Å². The lowest BCUT2D eigenvalue weighted by atomic mass is 10.1. The predicted octanol–water partition coefficient (Wildman–Crippen LogP) is 2.69. The van der Waals surface area contributed by atoms with Crippen LogP contribution < -0.4 is 11.1 Å². The number of benzene rings is 1. The molecule has 0 saturated carbocycles. The number of carbonyl (C=O) groups is 1. The summed E-state index contributed by atoms with van der Waals surface area (Å²) in [6.45, 7) is 2.14. The van der Waals surface area contributed by atoms with Crippen LogP contribution in [0.2, 0.25) is 0 Å². The highest BCUT2D eigenvalue weighted by Crippen LogP contribution is 2.11. The molecule has 0 heterocycles. The molecule has 0 fully saturated rings. The number of nitrogens with one attached hydrogen (secondary N) is 1. The highest BCUT2D eigenvalue weighted by Gasteiger charge is 2.03. The van der Waals surface area contributed by atoms with Crippen LogP contribution in [0.15, 0.2) is 29.4 Å². The van der Waals surface area contributed by atoms with Gasteiger partial charge in [-0.15, -0.1) is 0 Å². The van der Waals surface area contributed by atoms with E-state index in [0.29, 0.717) is 12.0 Å². The van der Waals surface area contributed by atoms with Gasteiger partial charge in [0, 0.05) is 17.7 Å². The number of amides is 1. The third kappa shape index (κ3) is 5.42. The molecule has 0 radical (unpaired) electrons. The van der Waals surface area contributed by atoms with Gasteiger partial charge in [-0.05, 0) is 30.7 Å². The van der Waals surface area contributed by atoms with E-state index in [0.717, 1.165) is 24.9 Å². The molecule has 0 aromatic heterocycles. The second-order valence-corrected chi connectivity index (χ2v) is 4.42. The van der Waals surface area contributed by atoms with Crippen molar-refractivity contribution in [2.45, 2.75) is 39.0 Å². The lowest BCUT2D eigenvalue weighted by Gasteiger charge is -2.06. The van der Waals surface area contributed by atoms with Crippen molar-refractivity contribution >= 4 is 17.4 Å². The van der Waals surface area contributed by atoms with Crippen molar-refractivity contribution in [3.05, 3.63) is 29.8 Å². The molecule has 0 aliphatic heterocycles. The third-order valence-electron chi connectivity index (χ3n) is 2.83. The fraction of sp³-hybridized carbons (Fsp3) is 0.429. The molecule has 1 aromatic rings. The molecule has 0 aliphatic carbocycles. The summed E-state index contributed by atoms with van der Waals surface area (Å²) in [5, 5.41) is 14.3. The van der Waals surface area contributed by atoms with Crippen molar-refractivity contribution in [2.75, 3.05) is 5.32 Å². The first-order chi connectivity index (χ1) is 9.17. The number of amidine groups is 1. The average molecular weight is 263 g/mol. The molecule has 0 atom stereocenters. The highest BCUT2D eigenvalue weighted by molar-refractivity contribution is 5.98. The first-order valence-corrected chi connectivity index (χ1v) is 6.55. The lowest BCUT2D eigenvalue weighted by molar-refractivity contribution is -0.116. The minimum absolute atomic E-state index is 0.0210. The van der Waals surface area contributed by atoms with Gasteiger partial charge >= 0.3 is 0 Å². The smallest absolute Gasteiger partial charge is 0.224 e. The van der Waals surface area contributed by atoms with E-state index in [2.05, 4.69) is 17.4 Å². The Hall–Kier alpha value is -2.04. The summed E-state index contributed by atoms with van der Waals surface area (Å²) in [6.07, 6.45) is 4.88. The van der Waals surface area contributed by atoms with Gasteiger partial charge in [0.15, 0.2) is 5.84 Å². The molecule has 1 amide bonds. The Bertz CT molecular complexity index is 427. The standard InChI is InChI=1S/C14H21N3O2/c1-2-3-4-5-6-13(18)16-12-9-7-11(8-10-12)14(15)17-19/h7-10,19H,2-6H2,1H3,(H2,15,17)(H,16,18). The topological polar surface area (TPSA) is 87.7 Å². The minimum atomic E-state index is 0.0210. The van der Waals surface area contributed by atoms with Crippen LogP contribution in [0.4, 0.5) is 5.69 Å². The van der Waals surface area contributed by atoms with Gasteiger partial charge in [0.25, 0.3) is 0 Å². The number of unbranched alkanes of at least 4 members (excludes halogenated alkanes) is 3. The van der Waals surface area contributed by atoms with Crippen LogP contribution in [0.1, 0.15) is 44.6 Å². The van der Waals surface area contributed by atoms with E-state index in [1.54, 1.807) is 24.3 Å².